The Balaban J connectivity index is 0.000000310. The van der Waals surface area contributed by atoms with Gasteiger partial charge in [0.05, 0.1) is 12.0 Å². The van der Waals surface area contributed by atoms with Gasteiger partial charge in [0.15, 0.2) is 24.4 Å². The third-order valence-electron chi connectivity index (χ3n) is 5.43. The van der Waals surface area contributed by atoms with Crippen LogP contribution >= 0.6 is 0 Å². The number of para-hydroxylation sites is 1. The molecule has 1 aliphatic carbocycles. The van der Waals surface area contributed by atoms with Gasteiger partial charge in [-0.05, 0) is 31.7 Å². The van der Waals surface area contributed by atoms with Crippen LogP contribution < -0.4 is 15.6 Å². The van der Waals surface area contributed by atoms with Crippen LogP contribution in [0.4, 0.5) is 0 Å². The number of hydrogen-bond donors (Lipinski definition) is 6. The second-order valence-corrected chi connectivity index (χ2v) is 7.73. The van der Waals surface area contributed by atoms with Crippen molar-refractivity contribution in [1.29, 1.82) is 0 Å². The van der Waals surface area contributed by atoms with Crippen LogP contribution in [0.1, 0.15) is 32.1 Å². The van der Waals surface area contributed by atoms with E-state index in [1.807, 2.05) is 0 Å². The topological polar surface area (TPSA) is 183 Å². The van der Waals surface area contributed by atoms with E-state index < -0.39 is 36.4 Å². The normalized spacial score (nSPS) is 32.3. The van der Waals surface area contributed by atoms with Crippen molar-refractivity contribution in [3.05, 3.63) is 30.3 Å². The fraction of sp³-hybridized carbons (Fsp3) is 0.550. The first kappa shape index (κ1) is 22.5. The number of benzene rings is 1. The number of aliphatic carboxylic acids is 1. The molecule has 0 bridgehead atoms. The molecule has 8 N–H and O–H groups in total. The first-order valence-corrected chi connectivity index (χ1v) is 9.95. The van der Waals surface area contributed by atoms with Crippen LogP contribution in [0.3, 0.4) is 0 Å². The fourth-order valence-electron chi connectivity index (χ4n) is 3.67. The van der Waals surface area contributed by atoms with Gasteiger partial charge in [0.1, 0.15) is 6.10 Å². The van der Waals surface area contributed by atoms with Crippen molar-refractivity contribution in [3.8, 4) is 5.88 Å². The molecule has 166 valence electrons. The average Bonchev–Trinajstić information content (AvgIpc) is 3.12. The van der Waals surface area contributed by atoms with Crippen molar-refractivity contribution >= 4 is 16.9 Å². The van der Waals surface area contributed by atoms with Crippen molar-refractivity contribution in [2.45, 2.75) is 68.5 Å². The lowest BCUT2D eigenvalue weighted by Crippen LogP contribution is -2.71. The molecule has 4 rings (SSSR count). The van der Waals surface area contributed by atoms with Gasteiger partial charge in [-0.15, -0.1) is 0 Å². The minimum atomic E-state index is -2.82. The summed E-state index contributed by atoms with van der Waals surface area (Å²) < 4.78 is 9.68. The SMILES string of the molecule is O=C([O-])[C@H]1O[C@@H](O)[C@H](O)[C@](O)(Oc2cc3ccccc3[nH]2)[C@@H]1O.[NH3+]C1CCCCC1. The molecule has 5 atom stereocenters. The number of quaternary nitrogens is 1. The lowest BCUT2D eigenvalue weighted by molar-refractivity contribution is -0.425. The Labute approximate surface area is 172 Å². The van der Waals surface area contributed by atoms with Crippen molar-refractivity contribution < 1.29 is 45.5 Å². The maximum Gasteiger partial charge on any atom is 0.270 e. The van der Waals surface area contributed by atoms with Gasteiger partial charge in [-0.25, -0.2) is 0 Å². The summed E-state index contributed by atoms with van der Waals surface area (Å²) in [6.45, 7) is 0. The molecule has 10 heteroatoms. The Morgan fingerprint density at radius 1 is 1.17 bits per heavy atom. The summed E-state index contributed by atoms with van der Waals surface area (Å²) in [5, 5.41) is 51.4. The number of aromatic nitrogens is 1. The summed E-state index contributed by atoms with van der Waals surface area (Å²) in [6, 6.07) is 9.26. The monoisotopic (exact) mass is 424 g/mol. The number of aliphatic hydroxyl groups is 4. The highest BCUT2D eigenvalue weighted by molar-refractivity contribution is 5.81. The molecule has 0 spiro atoms. The van der Waals surface area contributed by atoms with E-state index in [2.05, 4.69) is 15.5 Å². The van der Waals surface area contributed by atoms with Gasteiger partial charge < -0.3 is 50.5 Å². The first-order valence-electron chi connectivity index (χ1n) is 9.95. The number of hydrogen-bond acceptors (Lipinski definition) is 8. The molecular weight excluding hydrogens is 396 g/mol. The molecule has 1 saturated carbocycles. The number of carboxylic acids is 1. The highest BCUT2D eigenvalue weighted by Crippen LogP contribution is 2.32. The van der Waals surface area contributed by atoms with E-state index in [-0.39, 0.29) is 5.88 Å². The van der Waals surface area contributed by atoms with E-state index in [1.165, 1.54) is 38.2 Å². The quantitative estimate of drug-likeness (QED) is 0.305. The van der Waals surface area contributed by atoms with Crippen LogP contribution in [0.15, 0.2) is 30.3 Å². The third-order valence-corrected chi connectivity index (χ3v) is 5.43. The van der Waals surface area contributed by atoms with Gasteiger partial charge in [0.25, 0.3) is 5.79 Å². The van der Waals surface area contributed by atoms with E-state index in [0.29, 0.717) is 5.52 Å². The van der Waals surface area contributed by atoms with Gasteiger partial charge in [-0.2, -0.15) is 0 Å². The van der Waals surface area contributed by atoms with E-state index in [4.69, 9.17) is 4.74 Å². The maximum absolute atomic E-state index is 10.9. The molecule has 0 radical (unpaired) electrons. The number of fused-ring (bicyclic) bond motifs is 1. The Morgan fingerprint density at radius 3 is 2.40 bits per heavy atom. The third kappa shape index (κ3) is 4.75. The van der Waals surface area contributed by atoms with Gasteiger partial charge >= 0.3 is 0 Å². The minimum Gasteiger partial charge on any atom is -0.547 e. The number of aliphatic hydroxyl groups excluding tert-OH is 3. The van der Waals surface area contributed by atoms with Gasteiger partial charge in [0, 0.05) is 17.0 Å². The Hall–Kier alpha value is -2.21. The van der Waals surface area contributed by atoms with Crippen molar-refractivity contribution in [2.24, 2.45) is 0 Å². The molecule has 2 heterocycles. The Bertz CT molecular complexity index is 819. The Kier molecular flexibility index (Phi) is 6.96. The maximum atomic E-state index is 10.9. The van der Waals surface area contributed by atoms with E-state index in [0.717, 1.165) is 11.4 Å². The van der Waals surface area contributed by atoms with Crippen LogP contribution in [0.5, 0.6) is 5.88 Å². The van der Waals surface area contributed by atoms with Crippen molar-refractivity contribution in [1.82, 2.24) is 4.98 Å². The molecular formula is C20H28N2O8. The van der Waals surface area contributed by atoms with Gasteiger partial charge in [-0.1, -0.05) is 24.6 Å². The van der Waals surface area contributed by atoms with E-state index >= 15 is 0 Å². The molecule has 30 heavy (non-hydrogen) atoms. The zero-order chi connectivity index (χ0) is 21.9. The van der Waals surface area contributed by atoms with E-state index in [1.54, 1.807) is 24.3 Å². The number of carboxylic acid groups (broad SMARTS) is 1. The number of rotatable bonds is 3. The fourth-order valence-corrected chi connectivity index (χ4v) is 3.67. The van der Waals surface area contributed by atoms with Crippen LogP contribution in [0.2, 0.25) is 0 Å². The number of carbonyl (C=O) groups excluding carboxylic acids is 1. The Morgan fingerprint density at radius 2 is 1.83 bits per heavy atom. The molecule has 1 aromatic carbocycles. The average molecular weight is 424 g/mol. The summed E-state index contributed by atoms with van der Waals surface area (Å²) >= 11 is 0. The summed E-state index contributed by atoms with van der Waals surface area (Å²) in [5.74, 6) is -4.73. The molecule has 1 saturated heterocycles. The van der Waals surface area contributed by atoms with Crippen molar-refractivity contribution in [3.63, 3.8) is 0 Å². The molecule has 1 aromatic heterocycles. The number of ether oxygens (including phenoxy) is 2. The number of H-pyrrole nitrogens is 1. The highest BCUT2D eigenvalue weighted by Gasteiger charge is 2.58. The molecule has 10 nitrogen and oxygen atoms in total. The molecule has 2 aromatic rings. The molecule has 2 fully saturated rings. The number of carbonyl (C=O) groups is 1. The molecule has 2 aliphatic rings. The largest absolute Gasteiger partial charge is 0.547 e. The lowest BCUT2D eigenvalue weighted by Gasteiger charge is -2.45. The summed E-state index contributed by atoms with van der Waals surface area (Å²) in [5.41, 5.74) is 4.65. The predicted octanol–water partition coefficient (Wildman–Crippen LogP) is -2.01. The second-order valence-electron chi connectivity index (χ2n) is 7.73. The smallest absolute Gasteiger partial charge is 0.270 e. The minimum absolute atomic E-state index is 0.0435. The number of nitrogens with one attached hydrogen (secondary N) is 1. The van der Waals surface area contributed by atoms with E-state index in [9.17, 15) is 30.3 Å². The summed E-state index contributed by atoms with van der Waals surface area (Å²) in [4.78, 5) is 13.7. The van der Waals surface area contributed by atoms with Gasteiger partial charge in [-0.3, -0.25) is 0 Å². The zero-order valence-corrected chi connectivity index (χ0v) is 16.4. The second kappa shape index (κ2) is 9.29. The molecule has 1 aliphatic heterocycles. The summed E-state index contributed by atoms with van der Waals surface area (Å²) in [6.07, 6.45) is -1.43. The van der Waals surface area contributed by atoms with Crippen LogP contribution in [0.25, 0.3) is 10.9 Å². The standard InChI is InChI=1S/C14H15NO8.C6H13N/c16-10-9(12(18)19)22-13(20)11(17)14(10,21)23-8-5-6-3-1-2-4-7(6)15-8;7-6-4-2-1-3-5-6/h1-5,9-11,13,15-17,20-21H,(H,18,19);6H,1-5,7H2/t9-,10+,11-,13+,14+;/m0./s1. The number of aromatic amines is 1. The van der Waals surface area contributed by atoms with Crippen molar-refractivity contribution in [2.75, 3.05) is 0 Å². The van der Waals surface area contributed by atoms with Crippen LogP contribution in [0, 0.1) is 0 Å². The van der Waals surface area contributed by atoms with Gasteiger partial charge in [0.2, 0.25) is 0 Å². The zero-order valence-electron chi connectivity index (χ0n) is 16.4. The van der Waals surface area contributed by atoms with Crippen LogP contribution in [-0.2, 0) is 9.53 Å². The molecule has 0 unspecified atom stereocenters. The predicted molar refractivity (Wildman–Crippen MR) is 102 cm³/mol. The first-order chi connectivity index (χ1) is 14.2. The molecule has 0 amide bonds. The van der Waals surface area contributed by atoms with Crippen LogP contribution in [-0.4, -0.2) is 67.8 Å². The summed E-state index contributed by atoms with van der Waals surface area (Å²) in [7, 11) is 0. The highest BCUT2D eigenvalue weighted by atomic mass is 16.7. The lowest BCUT2D eigenvalue weighted by atomic mass is 9.94.